The molecule has 3 nitrogen and oxygen atoms in total. The summed E-state index contributed by atoms with van der Waals surface area (Å²) in [5.74, 6) is -1.19. The lowest BCUT2D eigenvalue weighted by Gasteiger charge is -2.12. The molecule has 0 radical (unpaired) electrons. The number of ether oxygens (including phenoxy) is 1. The van der Waals surface area contributed by atoms with Crippen molar-refractivity contribution in [3.63, 3.8) is 0 Å². The first-order chi connectivity index (χ1) is 5.88. The highest BCUT2D eigenvalue weighted by atomic mass is 19.4. The molecule has 0 aromatic carbocycles. The van der Waals surface area contributed by atoms with Gasteiger partial charge in [0.05, 0.1) is 12.5 Å². The molecule has 1 aliphatic rings. The van der Waals surface area contributed by atoms with Crippen molar-refractivity contribution in [2.45, 2.75) is 37.6 Å². The zero-order valence-corrected chi connectivity index (χ0v) is 6.67. The van der Waals surface area contributed by atoms with E-state index in [0.29, 0.717) is 0 Å². The molecule has 1 fully saturated rings. The lowest BCUT2D eigenvalue weighted by Crippen LogP contribution is -2.23. The van der Waals surface area contributed by atoms with Gasteiger partial charge in [0, 0.05) is 0 Å². The molecule has 0 amide bonds. The van der Waals surface area contributed by atoms with Crippen LogP contribution in [0.3, 0.4) is 0 Å². The highest BCUT2D eigenvalue weighted by molar-refractivity contribution is 5.72. The number of carboxylic acid groups (broad SMARTS) is 1. The third kappa shape index (κ3) is 3.22. The number of alkyl halides is 3. The van der Waals surface area contributed by atoms with Gasteiger partial charge in [-0.05, 0) is 12.8 Å². The Morgan fingerprint density at radius 1 is 1.46 bits per heavy atom. The monoisotopic (exact) mass is 198 g/mol. The minimum absolute atomic E-state index is 0.163. The minimum atomic E-state index is -4.28. The SMILES string of the molecule is O=C(O)C1CCC(CC(F)(F)F)O1. The summed E-state index contributed by atoms with van der Waals surface area (Å²) in [5, 5.41) is 8.42. The number of carboxylic acids is 1. The van der Waals surface area contributed by atoms with Crippen molar-refractivity contribution < 1.29 is 27.8 Å². The van der Waals surface area contributed by atoms with Gasteiger partial charge in [-0.1, -0.05) is 0 Å². The summed E-state index contributed by atoms with van der Waals surface area (Å²) in [4.78, 5) is 10.3. The van der Waals surface area contributed by atoms with Crippen LogP contribution < -0.4 is 0 Å². The normalized spacial score (nSPS) is 29.2. The van der Waals surface area contributed by atoms with E-state index in [9.17, 15) is 18.0 Å². The second-order valence-electron chi connectivity index (χ2n) is 2.98. The molecule has 6 heteroatoms. The molecular weight excluding hydrogens is 189 g/mol. The first kappa shape index (κ1) is 10.3. The highest BCUT2D eigenvalue weighted by Gasteiger charge is 2.38. The Hall–Kier alpha value is -0.780. The molecule has 1 N–H and O–H groups in total. The van der Waals surface area contributed by atoms with Crippen LogP contribution >= 0.6 is 0 Å². The summed E-state index contributed by atoms with van der Waals surface area (Å²) in [6.45, 7) is 0. The predicted octanol–water partition coefficient (Wildman–Crippen LogP) is 1.57. The van der Waals surface area contributed by atoms with E-state index in [1.54, 1.807) is 0 Å². The number of rotatable bonds is 2. The van der Waals surface area contributed by atoms with Crippen LogP contribution in [0.15, 0.2) is 0 Å². The standard InChI is InChI=1S/C7H9F3O3/c8-7(9,10)3-4-1-2-5(13-4)6(11)12/h4-5H,1-3H2,(H,11,12). The van der Waals surface area contributed by atoms with Crippen LogP contribution in [0.1, 0.15) is 19.3 Å². The molecular formula is C7H9F3O3. The second-order valence-corrected chi connectivity index (χ2v) is 2.98. The summed E-state index contributed by atoms with van der Waals surface area (Å²) in [6, 6.07) is 0. The lowest BCUT2D eigenvalue weighted by molar-refractivity contribution is -0.168. The van der Waals surface area contributed by atoms with Gasteiger partial charge in [-0.15, -0.1) is 0 Å². The molecule has 0 aromatic heterocycles. The Morgan fingerprint density at radius 2 is 2.08 bits per heavy atom. The minimum Gasteiger partial charge on any atom is -0.479 e. The average molecular weight is 198 g/mol. The van der Waals surface area contributed by atoms with Crippen LogP contribution in [0.2, 0.25) is 0 Å². The third-order valence-electron chi connectivity index (χ3n) is 1.84. The van der Waals surface area contributed by atoms with E-state index in [2.05, 4.69) is 4.74 Å². The fourth-order valence-electron chi connectivity index (χ4n) is 1.30. The van der Waals surface area contributed by atoms with Crippen LogP contribution in [0.25, 0.3) is 0 Å². The first-order valence-electron chi connectivity index (χ1n) is 3.83. The fourth-order valence-corrected chi connectivity index (χ4v) is 1.30. The maximum Gasteiger partial charge on any atom is 0.391 e. The third-order valence-corrected chi connectivity index (χ3v) is 1.84. The van der Waals surface area contributed by atoms with Crippen molar-refractivity contribution >= 4 is 5.97 Å². The van der Waals surface area contributed by atoms with Crippen molar-refractivity contribution in [3.8, 4) is 0 Å². The number of halogens is 3. The Kier molecular flexibility index (Phi) is 2.80. The molecule has 2 unspecified atom stereocenters. The maximum absolute atomic E-state index is 11.8. The molecule has 0 spiro atoms. The van der Waals surface area contributed by atoms with E-state index in [0.717, 1.165) is 0 Å². The number of aliphatic carboxylic acids is 1. The predicted molar refractivity (Wildman–Crippen MR) is 36.2 cm³/mol. The van der Waals surface area contributed by atoms with E-state index in [-0.39, 0.29) is 12.8 Å². The van der Waals surface area contributed by atoms with E-state index in [1.807, 2.05) is 0 Å². The Morgan fingerprint density at radius 3 is 2.46 bits per heavy atom. The van der Waals surface area contributed by atoms with Crippen LogP contribution in [0.4, 0.5) is 13.2 Å². The zero-order chi connectivity index (χ0) is 10.1. The zero-order valence-electron chi connectivity index (χ0n) is 6.67. The number of carbonyl (C=O) groups is 1. The molecule has 13 heavy (non-hydrogen) atoms. The molecule has 1 heterocycles. The Balaban J connectivity index is 2.38. The van der Waals surface area contributed by atoms with E-state index in [1.165, 1.54) is 0 Å². The molecule has 0 aliphatic carbocycles. The van der Waals surface area contributed by atoms with Gasteiger partial charge >= 0.3 is 12.1 Å². The smallest absolute Gasteiger partial charge is 0.391 e. The summed E-state index contributed by atoms with van der Waals surface area (Å²) < 4.78 is 40.1. The van der Waals surface area contributed by atoms with Crippen LogP contribution in [0, 0.1) is 0 Å². The van der Waals surface area contributed by atoms with Crippen molar-refractivity contribution in [2.24, 2.45) is 0 Å². The van der Waals surface area contributed by atoms with Gasteiger partial charge in [0.1, 0.15) is 0 Å². The largest absolute Gasteiger partial charge is 0.479 e. The molecule has 76 valence electrons. The quantitative estimate of drug-likeness (QED) is 0.732. The lowest BCUT2D eigenvalue weighted by atomic mass is 10.1. The van der Waals surface area contributed by atoms with Crippen LogP contribution in [0.5, 0.6) is 0 Å². The molecule has 2 atom stereocenters. The van der Waals surface area contributed by atoms with Crippen molar-refractivity contribution in [1.29, 1.82) is 0 Å². The molecule has 1 rings (SSSR count). The van der Waals surface area contributed by atoms with E-state index in [4.69, 9.17) is 5.11 Å². The molecule has 0 aromatic rings. The molecule has 1 aliphatic heterocycles. The van der Waals surface area contributed by atoms with Gasteiger partial charge < -0.3 is 9.84 Å². The van der Waals surface area contributed by atoms with Gasteiger partial charge in [-0.25, -0.2) is 4.79 Å². The Bertz CT molecular complexity index is 202. The summed E-state index contributed by atoms with van der Waals surface area (Å²) in [5.41, 5.74) is 0. The van der Waals surface area contributed by atoms with Gasteiger partial charge in [0.25, 0.3) is 0 Å². The average Bonchev–Trinajstić information content (AvgIpc) is 2.31. The summed E-state index contributed by atoms with van der Waals surface area (Å²) in [7, 11) is 0. The fraction of sp³-hybridized carbons (Fsp3) is 0.857. The number of hydrogen-bond donors (Lipinski definition) is 1. The summed E-state index contributed by atoms with van der Waals surface area (Å²) in [6.07, 6.45) is -7.06. The van der Waals surface area contributed by atoms with Crippen LogP contribution in [-0.2, 0) is 9.53 Å². The van der Waals surface area contributed by atoms with Crippen LogP contribution in [-0.4, -0.2) is 29.5 Å². The molecule has 1 saturated heterocycles. The summed E-state index contributed by atoms with van der Waals surface area (Å²) >= 11 is 0. The van der Waals surface area contributed by atoms with Gasteiger partial charge in [0.2, 0.25) is 0 Å². The topological polar surface area (TPSA) is 46.5 Å². The van der Waals surface area contributed by atoms with E-state index >= 15 is 0 Å². The van der Waals surface area contributed by atoms with Gasteiger partial charge in [-0.2, -0.15) is 13.2 Å². The second kappa shape index (κ2) is 3.53. The van der Waals surface area contributed by atoms with Gasteiger partial charge in [-0.3, -0.25) is 0 Å². The molecule has 0 saturated carbocycles. The number of hydrogen-bond acceptors (Lipinski definition) is 2. The van der Waals surface area contributed by atoms with Crippen molar-refractivity contribution in [2.75, 3.05) is 0 Å². The van der Waals surface area contributed by atoms with Crippen molar-refractivity contribution in [1.82, 2.24) is 0 Å². The van der Waals surface area contributed by atoms with Crippen molar-refractivity contribution in [3.05, 3.63) is 0 Å². The Labute approximate surface area is 72.5 Å². The maximum atomic E-state index is 11.8. The molecule has 0 bridgehead atoms. The van der Waals surface area contributed by atoms with Gasteiger partial charge in [0.15, 0.2) is 6.10 Å². The first-order valence-corrected chi connectivity index (χ1v) is 3.83. The highest BCUT2D eigenvalue weighted by Crippen LogP contribution is 2.30. The van der Waals surface area contributed by atoms with E-state index < -0.39 is 30.8 Å².